The zero-order valence-corrected chi connectivity index (χ0v) is 22.2. The van der Waals surface area contributed by atoms with Crippen molar-refractivity contribution >= 4 is 10.8 Å². The third-order valence-electron chi connectivity index (χ3n) is 8.12. The van der Waals surface area contributed by atoms with E-state index in [4.69, 9.17) is 5.73 Å². The topological polar surface area (TPSA) is 50.1 Å². The Morgan fingerprint density at radius 3 is 1.95 bits per heavy atom. The second-order valence-corrected chi connectivity index (χ2v) is 11.0. The minimum Gasteiger partial charge on any atom is -0.401 e. The first-order valence-electron chi connectivity index (χ1n) is 14.5. The molecule has 3 heteroatoms. The van der Waals surface area contributed by atoms with E-state index in [2.05, 4.69) is 89.5 Å². The first kappa shape index (κ1) is 26.0. The molecule has 2 aliphatic rings. The van der Waals surface area contributed by atoms with Crippen molar-refractivity contribution < 1.29 is 0 Å². The van der Waals surface area contributed by atoms with Crippen LogP contribution in [0.5, 0.6) is 0 Å². The number of aryl methyl sites for hydroxylation is 1. The lowest BCUT2D eigenvalue weighted by molar-refractivity contribution is 0.325. The molecule has 0 amide bonds. The van der Waals surface area contributed by atoms with Crippen LogP contribution in [0.1, 0.15) is 81.8 Å². The summed E-state index contributed by atoms with van der Waals surface area (Å²) in [6, 6.07) is 27.1. The Morgan fingerprint density at radius 1 is 0.703 bits per heavy atom. The van der Waals surface area contributed by atoms with Crippen LogP contribution in [-0.4, -0.2) is 12.1 Å². The Hall–Kier alpha value is -2.62. The van der Waals surface area contributed by atoms with Gasteiger partial charge in [0, 0.05) is 17.8 Å². The Kier molecular flexibility index (Phi) is 9.32. The molecule has 194 valence electrons. The summed E-state index contributed by atoms with van der Waals surface area (Å²) in [5, 5.41) is 10.5. The lowest BCUT2D eigenvalue weighted by atomic mass is 9.87. The Bertz CT molecular complexity index is 1110. The van der Waals surface area contributed by atoms with E-state index in [1.165, 1.54) is 86.1 Å². The Balaban J connectivity index is 1.36. The third-order valence-corrected chi connectivity index (χ3v) is 8.12. The molecule has 2 saturated carbocycles. The van der Waals surface area contributed by atoms with Gasteiger partial charge < -0.3 is 5.73 Å². The van der Waals surface area contributed by atoms with E-state index in [1.54, 1.807) is 0 Å². The molecule has 2 aliphatic carbocycles. The zero-order chi connectivity index (χ0) is 25.3. The smallest absolute Gasteiger partial charge is 0.120 e. The summed E-state index contributed by atoms with van der Waals surface area (Å²) in [6.07, 6.45) is 18.2. The minimum atomic E-state index is 0.518. The van der Waals surface area contributed by atoms with Gasteiger partial charge in [-0.2, -0.15) is 0 Å². The van der Waals surface area contributed by atoms with Crippen LogP contribution in [0, 0.1) is 12.1 Å². The second-order valence-electron chi connectivity index (χ2n) is 11.0. The summed E-state index contributed by atoms with van der Waals surface area (Å²) in [5.41, 5.74) is 10.3. The molecule has 4 N–H and O–H groups in total. The quantitative estimate of drug-likeness (QED) is 0.273. The summed E-state index contributed by atoms with van der Waals surface area (Å²) in [4.78, 5) is 0. The van der Waals surface area contributed by atoms with E-state index in [-0.39, 0.29) is 0 Å². The molecule has 0 aliphatic heterocycles. The van der Waals surface area contributed by atoms with Crippen LogP contribution in [0.2, 0.25) is 0 Å². The second kappa shape index (κ2) is 13.3. The van der Waals surface area contributed by atoms with Crippen molar-refractivity contribution in [2.24, 2.45) is 5.73 Å². The third kappa shape index (κ3) is 7.24. The summed E-state index contributed by atoms with van der Waals surface area (Å²) < 4.78 is 0. The maximum absolute atomic E-state index is 6.94. The van der Waals surface area contributed by atoms with E-state index in [0.29, 0.717) is 12.1 Å². The van der Waals surface area contributed by atoms with Gasteiger partial charge in [0.25, 0.3) is 0 Å². The molecule has 3 aromatic carbocycles. The van der Waals surface area contributed by atoms with Crippen molar-refractivity contribution in [2.75, 3.05) is 0 Å². The Labute approximate surface area is 223 Å². The van der Waals surface area contributed by atoms with E-state index in [0.717, 1.165) is 30.6 Å². The number of hydrogen-bond donors (Lipinski definition) is 3. The van der Waals surface area contributed by atoms with Crippen molar-refractivity contribution in [1.29, 1.82) is 0 Å². The highest BCUT2D eigenvalue weighted by atomic mass is 15.2. The van der Waals surface area contributed by atoms with Crippen molar-refractivity contribution in [3.8, 4) is 0 Å². The summed E-state index contributed by atoms with van der Waals surface area (Å²) in [7, 11) is 0. The first-order valence-corrected chi connectivity index (χ1v) is 14.5. The van der Waals surface area contributed by atoms with E-state index in [9.17, 15) is 0 Å². The molecule has 5 rings (SSSR count). The zero-order valence-electron chi connectivity index (χ0n) is 22.2. The van der Waals surface area contributed by atoms with Gasteiger partial charge in [0.1, 0.15) is 6.17 Å². The van der Waals surface area contributed by atoms with Crippen LogP contribution in [0.15, 0.2) is 84.6 Å². The molecule has 2 fully saturated rings. The summed E-state index contributed by atoms with van der Waals surface area (Å²) >= 11 is 0. The van der Waals surface area contributed by atoms with Gasteiger partial charge >= 0.3 is 0 Å². The summed E-state index contributed by atoms with van der Waals surface area (Å²) in [6.45, 7) is 0. The van der Waals surface area contributed by atoms with Gasteiger partial charge in [0.2, 0.25) is 0 Å². The van der Waals surface area contributed by atoms with E-state index >= 15 is 0 Å². The van der Waals surface area contributed by atoms with E-state index in [1.807, 2.05) is 0 Å². The fourth-order valence-corrected chi connectivity index (χ4v) is 6.04. The SMILES string of the molecule is N/C(=C/CCc1ccc2ccccc2c1)[C]([C](NC1CCCCC1)NC1CCCCC1)c1ccccc1. The van der Waals surface area contributed by atoms with E-state index < -0.39 is 0 Å². The number of rotatable bonds is 10. The molecule has 0 heterocycles. The highest BCUT2D eigenvalue weighted by Gasteiger charge is 2.32. The molecular weight excluding hydrogens is 450 g/mol. The van der Waals surface area contributed by atoms with Gasteiger partial charge in [0.15, 0.2) is 0 Å². The maximum atomic E-state index is 6.94. The molecule has 0 saturated heterocycles. The summed E-state index contributed by atoms with van der Waals surface area (Å²) in [5.74, 6) is 1.13. The van der Waals surface area contributed by atoms with Crippen molar-refractivity contribution in [2.45, 2.75) is 89.1 Å². The molecule has 0 unspecified atom stereocenters. The number of hydrogen-bond acceptors (Lipinski definition) is 3. The number of nitrogens with one attached hydrogen (secondary N) is 2. The lowest BCUT2D eigenvalue weighted by Gasteiger charge is -2.36. The molecule has 2 radical (unpaired) electrons. The molecule has 0 aromatic heterocycles. The van der Waals surface area contributed by atoms with Crippen LogP contribution in [0.3, 0.4) is 0 Å². The normalized spacial score (nSPS) is 18.2. The Morgan fingerprint density at radius 2 is 1.30 bits per heavy atom. The first-order chi connectivity index (χ1) is 18.3. The van der Waals surface area contributed by atoms with Crippen molar-refractivity contribution in [3.05, 3.63) is 108 Å². The number of allylic oxidation sites excluding steroid dienone is 1. The number of benzene rings is 3. The number of fused-ring (bicyclic) bond motifs is 1. The van der Waals surface area contributed by atoms with Gasteiger partial charge in [-0.3, -0.25) is 10.6 Å². The maximum Gasteiger partial charge on any atom is 0.120 e. The molecule has 0 atom stereocenters. The molecular formula is C34H43N3. The van der Waals surface area contributed by atoms with Gasteiger partial charge in [-0.25, -0.2) is 0 Å². The fourth-order valence-electron chi connectivity index (χ4n) is 6.04. The van der Waals surface area contributed by atoms with Crippen LogP contribution in [0.4, 0.5) is 0 Å². The predicted molar refractivity (Wildman–Crippen MR) is 157 cm³/mol. The number of nitrogens with two attached hydrogens (primary N) is 1. The van der Waals surface area contributed by atoms with Crippen LogP contribution in [-0.2, 0) is 6.42 Å². The molecule has 37 heavy (non-hydrogen) atoms. The standard InChI is InChI=1S/C34H43N3/c35-32(22-12-13-26-23-24-27-14-10-11-17-29(27)25-26)33(28-15-4-1-5-16-28)34(36-30-18-6-2-7-19-30)37-31-20-8-3-9-21-31/h1,4-5,10-11,14-17,22-25,30-31,36-37H,2-3,6-9,12-13,18-21,35H2/b32-22+. The average molecular weight is 494 g/mol. The molecule has 0 bridgehead atoms. The van der Waals surface area contributed by atoms with Crippen LogP contribution < -0.4 is 16.4 Å². The highest BCUT2D eigenvalue weighted by molar-refractivity contribution is 5.83. The largest absolute Gasteiger partial charge is 0.401 e. The van der Waals surface area contributed by atoms with Crippen molar-refractivity contribution in [1.82, 2.24) is 10.6 Å². The predicted octanol–water partition coefficient (Wildman–Crippen LogP) is 7.57. The lowest BCUT2D eigenvalue weighted by Crippen LogP contribution is -2.49. The van der Waals surface area contributed by atoms with Crippen LogP contribution in [0.25, 0.3) is 10.8 Å². The van der Waals surface area contributed by atoms with Gasteiger partial charge in [-0.05, 0) is 60.4 Å². The van der Waals surface area contributed by atoms with Gasteiger partial charge in [-0.15, -0.1) is 0 Å². The average Bonchev–Trinajstić information content (AvgIpc) is 2.95. The van der Waals surface area contributed by atoms with Gasteiger partial charge in [-0.1, -0.05) is 117 Å². The van der Waals surface area contributed by atoms with Crippen LogP contribution >= 0.6 is 0 Å². The monoisotopic (exact) mass is 493 g/mol. The molecule has 3 aromatic rings. The van der Waals surface area contributed by atoms with Crippen molar-refractivity contribution in [3.63, 3.8) is 0 Å². The molecule has 3 nitrogen and oxygen atoms in total. The molecule has 0 spiro atoms. The minimum absolute atomic E-state index is 0.518. The fraction of sp³-hybridized carbons (Fsp3) is 0.412. The van der Waals surface area contributed by atoms with Gasteiger partial charge in [0.05, 0.1) is 5.92 Å². The highest BCUT2D eigenvalue weighted by Crippen LogP contribution is 2.32.